The van der Waals surface area contributed by atoms with Crippen LogP contribution in [0.25, 0.3) is 0 Å². The molecule has 0 radical (unpaired) electrons. The lowest BCUT2D eigenvalue weighted by Gasteiger charge is -2.43. The number of ether oxygens (including phenoxy) is 2. The van der Waals surface area contributed by atoms with Crippen LogP contribution >= 0.6 is 45.2 Å². The average Bonchev–Trinajstić information content (AvgIpc) is 2.58. The van der Waals surface area contributed by atoms with Crippen LogP contribution in [0.2, 0.25) is 0 Å². The first-order chi connectivity index (χ1) is 13.0. The summed E-state index contributed by atoms with van der Waals surface area (Å²) >= 11 is 3.81. The molecular weight excluding hydrogens is 640 g/mol. The van der Waals surface area contributed by atoms with Crippen molar-refractivity contribution in [2.75, 3.05) is 4.43 Å². The molecule has 0 aromatic heterocycles. The van der Waals surface area contributed by atoms with Crippen molar-refractivity contribution in [2.45, 2.75) is 41.3 Å². The molecule has 0 aliphatic heterocycles. The molecule has 0 fully saturated rings. The molecule has 1 atom stereocenters. The summed E-state index contributed by atoms with van der Waals surface area (Å²) in [5.74, 6) is -2.10. The van der Waals surface area contributed by atoms with Gasteiger partial charge in [0, 0.05) is 4.43 Å². The SMILES string of the molecule is CC(C)(OC(=O)c1ccc(OC(=O)C(I)CI)cc1)C(O)(C(F)(F)F)C(F)(F)F. The number of carbonyl (C=O) groups is 2. The molecule has 0 spiro atoms. The number of carbonyl (C=O) groups excluding carboxylic acids is 2. The maximum Gasteiger partial charge on any atom is 0.430 e. The van der Waals surface area contributed by atoms with Crippen LogP contribution in [0.15, 0.2) is 24.3 Å². The van der Waals surface area contributed by atoms with Crippen LogP contribution in [-0.4, -0.2) is 49.0 Å². The van der Waals surface area contributed by atoms with E-state index in [4.69, 9.17) is 4.74 Å². The highest BCUT2D eigenvalue weighted by atomic mass is 127. The topological polar surface area (TPSA) is 72.8 Å². The van der Waals surface area contributed by atoms with Gasteiger partial charge in [-0.15, -0.1) is 0 Å². The van der Waals surface area contributed by atoms with E-state index in [1.165, 1.54) is 0 Å². The highest BCUT2D eigenvalue weighted by Gasteiger charge is 2.78. The molecule has 29 heavy (non-hydrogen) atoms. The number of hydrogen-bond acceptors (Lipinski definition) is 5. The normalized spacial score (nSPS) is 14.3. The summed E-state index contributed by atoms with van der Waals surface area (Å²) in [6.45, 7) is 0.596. The monoisotopic (exact) mass is 654 g/mol. The average molecular weight is 654 g/mol. The third-order valence-electron chi connectivity index (χ3n) is 3.74. The van der Waals surface area contributed by atoms with E-state index in [1.54, 1.807) is 0 Å². The predicted octanol–water partition coefficient (Wildman–Crippen LogP) is 4.62. The molecule has 164 valence electrons. The molecule has 0 saturated heterocycles. The highest BCUT2D eigenvalue weighted by Crippen LogP contribution is 2.50. The van der Waals surface area contributed by atoms with E-state index < -0.39 is 45.0 Å². The first-order valence-electron chi connectivity index (χ1n) is 7.59. The van der Waals surface area contributed by atoms with Gasteiger partial charge in [-0.05, 0) is 38.1 Å². The first-order valence-corrected chi connectivity index (χ1v) is 10.4. The summed E-state index contributed by atoms with van der Waals surface area (Å²) in [4.78, 5) is 23.8. The third-order valence-corrected chi connectivity index (χ3v) is 7.25. The molecule has 0 aliphatic carbocycles. The number of aliphatic hydroxyl groups is 1. The molecular formula is C16H14F6I2O5. The molecule has 1 N–H and O–H groups in total. The minimum atomic E-state index is -6.16. The minimum Gasteiger partial charge on any atom is -0.452 e. The molecule has 1 aromatic rings. The second kappa shape index (κ2) is 9.11. The van der Waals surface area contributed by atoms with Crippen LogP contribution in [0.3, 0.4) is 0 Å². The lowest BCUT2D eigenvalue weighted by Crippen LogP contribution is -2.69. The molecule has 0 heterocycles. The predicted molar refractivity (Wildman–Crippen MR) is 105 cm³/mol. The molecule has 1 rings (SSSR count). The number of hydrogen-bond donors (Lipinski definition) is 1. The van der Waals surface area contributed by atoms with Crippen molar-refractivity contribution in [1.29, 1.82) is 0 Å². The fourth-order valence-electron chi connectivity index (χ4n) is 2.11. The van der Waals surface area contributed by atoms with Crippen molar-refractivity contribution in [1.82, 2.24) is 0 Å². The number of esters is 2. The molecule has 5 nitrogen and oxygen atoms in total. The smallest absolute Gasteiger partial charge is 0.430 e. The van der Waals surface area contributed by atoms with Crippen molar-refractivity contribution in [3.8, 4) is 5.75 Å². The standard InChI is InChI=1S/C16H14F6I2O5/c1-13(2,14(27,15(17,18)19)16(20,21)22)29-11(25)8-3-5-9(6-4-8)28-12(26)10(24)7-23/h3-6,10,27H,7H2,1-2H3. The van der Waals surface area contributed by atoms with Crippen molar-refractivity contribution in [3.05, 3.63) is 29.8 Å². The van der Waals surface area contributed by atoms with E-state index in [2.05, 4.69) is 4.74 Å². The maximum absolute atomic E-state index is 13.0. The Morgan fingerprint density at radius 3 is 1.86 bits per heavy atom. The number of rotatable bonds is 6. The Morgan fingerprint density at radius 2 is 1.48 bits per heavy atom. The Labute approximate surface area is 188 Å². The van der Waals surface area contributed by atoms with E-state index in [9.17, 15) is 41.0 Å². The Bertz CT molecular complexity index is 732. The second-order valence-corrected chi connectivity index (χ2v) is 8.56. The van der Waals surface area contributed by atoms with Gasteiger partial charge in [0.25, 0.3) is 5.60 Å². The van der Waals surface area contributed by atoms with Crippen LogP contribution in [0.1, 0.15) is 24.2 Å². The Hall–Kier alpha value is -0.840. The minimum absolute atomic E-state index is 0.0133. The van der Waals surface area contributed by atoms with Crippen LogP contribution < -0.4 is 4.74 Å². The fraction of sp³-hybridized carbons (Fsp3) is 0.500. The number of halogens is 8. The number of alkyl halides is 8. The second-order valence-electron chi connectivity index (χ2n) is 6.17. The third kappa shape index (κ3) is 5.65. The van der Waals surface area contributed by atoms with Gasteiger partial charge in [0.05, 0.1) is 5.56 Å². The van der Waals surface area contributed by atoms with E-state index in [-0.39, 0.29) is 5.75 Å². The van der Waals surface area contributed by atoms with E-state index in [0.29, 0.717) is 18.3 Å². The Kier molecular flexibility index (Phi) is 8.23. The quantitative estimate of drug-likeness (QED) is 0.160. The lowest BCUT2D eigenvalue weighted by molar-refractivity contribution is -0.406. The first kappa shape index (κ1) is 26.2. The Morgan fingerprint density at radius 1 is 1.03 bits per heavy atom. The van der Waals surface area contributed by atoms with Crippen molar-refractivity contribution < 1.29 is 50.5 Å². The van der Waals surface area contributed by atoms with E-state index in [0.717, 1.165) is 24.3 Å². The molecule has 1 aromatic carbocycles. The van der Waals surface area contributed by atoms with Gasteiger partial charge in [0.2, 0.25) is 0 Å². The molecule has 0 aliphatic rings. The maximum atomic E-state index is 13.0. The fourth-order valence-corrected chi connectivity index (χ4v) is 2.60. The molecule has 0 bridgehead atoms. The molecule has 1 unspecified atom stereocenters. The molecule has 0 amide bonds. The zero-order chi connectivity index (χ0) is 22.8. The van der Waals surface area contributed by atoms with Gasteiger partial charge in [-0.25, -0.2) is 4.79 Å². The summed E-state index contributed by atoms with van der Waals surface area (Å²) in [6, 6.07) is 4.23. The van der Waals surface area contributed by atoms with Crippen LogP contribution in [0.5, 0.6) is 5.75 Å². The molecule has 13 heteroatoms. The zero-order valence-corrected chi connectivity index (χ0v) is 19.0. The molecule has 0 saturated carbocycles. The van der Waals surface area contributed by atoms with Gasteiger partial charge < -0.3 is 14.6 Å². The summed E-state index contributed by atoms with van der Waals surface area (Å²) in [5, 5.41) is 9.44. The van der Waals surface area contributed by atoms with Gasteiger partial charge in [0.15, 0.2) is 5.60 Å². The highest BCUT2D eigenvalue weighted by molar-refractivity contribution is 14.1. The van der Waals surface area contributed by atoms with Gasteiger partial charge in [0.1, 0.15) is 9.67 Å². The van der Waals surface area contributed by atoms with Crippen molar-refractivity contribution >= 4 is 57.1 Å². The summed E-state index contributed by atoms with van der Waals surface area (Å²) in [6.07, 6.45) is -12.3. The van der Waals surface area contributed by atoms with Crippen LogP contribution in [0, 0.1) is 0 Å². The van der Waals surface area contributed by atoms with Gasteiger partial charge in [-0.1, -0.05) is 45.2 Å². The van der Waals surface area contributed by atoms with Crippen molar-refractivity contribution in [3.63, 3.8) is 0 Å². The van der Waals surface area contributed by atoms with Gasteiger partial charge >= 0.3 is 24.3 Å². The summed E-state index contributed by atoms with van der Waals surface area (Å²) in [5.41, 5.74) is -9.11. The lowest BCUT2D eigenvalue weighted by atomic mass is 9.84. The summed E-state index contributed by atoms with van der Waals surface area (Å²) < 4.78 is 87.5. The van der Waals surface area contributed by atoms with E-state index in [1.807, 2.05) is 45.2 Å². The van der Waals surface area contributed by atoms with Gasteiger partial charge in [-0.3, -0.25) is 4.79 Å². The van der Waals surface area contributed by atoms with Crippen molar-refractivity contribution in [2.24, 2.45) is 0 Å². The van der Waals surface area contributed by atoms with E-state index >= 15 is 0 Å². The largest absolute Gasteiger partial charge is 0.452 e. The summed E-state index contributed by atoms with van der Waals surface area (Å²) in [7, 11) is 0. The Balaban J connectivity index is 3.06. The van der Waals surface area contributed by atoms with Gasteiger partial charge in [-0.2, -0.15) is 26.3 Å². The van der Waals surface area contributed by atoms with Crippen LogP contribution in [-0.2, 0) is 9.53 Å². The number of benzene rings is 1. The van der Waals surface area contributed by atoms with Crippen LogP contribution in [0.4, 0.5) is 26.3 Å². The zero-order valence-electron chi connectivity index (χ0n) is 14.7.